The molecule has 0 heterocycles. The third-order valence-corrected chi connectivity index (χ3v) is 1.73. The molecule has 0 aliphatic rings. The van der Waals surface area contributed by atoms with Crippen LogP contribution >= 0.6 is 0 Å². The molecule has 0 radical (unpaired) electrons. The van der Waals surface area contributed by atoms with Crippen LogP contribution in [0.25, 0.3) is 0 Å². The Kier molecular flexibility index (Phi) is 6.14. The fourth-order valence-electron chi connectivity index (χ4n) is 0.910. The highest BCUT2D eigenvalue weighted by atomic mass is 19.3. The molecule has 0 rings (SSSR count). The van der Waals surface area contributed by atoms with Gasteiger partial charge in [0.05, 0.1) is 0 Å². The lowest BCUT2D eigenvalue weighted by molar-refractivity contribution is -0.351. The largest absolute Gasteiger partial charge is 0.395 e. The molecule has 0 saturated carbocycles. The average molecular weight is 342 g/mol. The fourth-order valence-corrected chi connectivity index (χ4v) is 0.910. The molecule has 0 aliphatic carbocycles. The van der Waals surface area contributed by atoms with Crippen LogP contribution in [-0.4, -0.2) is 25.1 Å². The van der Waals surface area contributed by atoms with Crippen molar-refractivity contribution in [3.8, 4) is 0 Å². The van der Waals surface area contributed by atoms with Crippen molar-refractivity contribution < 1.29 is 57.4 Å². The summed E-state index contributed by atoms with van der Waals surface area (Å²) in [4.78, 5) is 0. The van der Waals surface area contributed by atoms with Crippen LogP contribution in [0.4, 0.5) is 52.7 Å². The molecule has 0 aliphatic heterocycles. The monoisotopic (exact) mass is 342 g/mol. The van der Waals surface area contributed by atoms with E-state index in [4.69, 9.17) is 0 Å². The molecule has 21 heavy (non-hydrogen) atoms. The van der Waals surface area contributed by atoms with Gasteiger partial charge in [-0.05, 0) is 0 Å². The van der Waals surface area contributed by atoms with Gasteiger partial charge in [0.25, 0.3) is 25.0 Å². The Bertz CT molecular complexity index is 389. The van der Waals surface area contributed by atoms with Crippen LogP contribution in [-0.2, 0) is 4.74 Å². The SMILES string of the molecule is FC(F)=C(C(F)F)C(F)(F)OC(F)(F)C(=C(F)F)C(F)F. The van der Waals surface area contributed by atoms with Crippen LogP contribution in [0, 0.1) is 0 Å². The van der Waals surface area contributed by atoms with E-state index in [0.717, 1.165) is 0 Å². The third-order valence-electron chi connectivity index (χ3n) is 1.73. The topological polar surface area (TPSA) is 9.23 Å². The van der Waals surface area contributed by atoms with Crippen molar-refractivity contribution in [1.82, 2.24) is 0 Å². The molecule has 0 aromatic carbocycles. The maximum absolute atomic E-state index is 12.7. The predicted octanol–water partition coefficient (Wildman–Crippen LogP) is 5.02. The Morgan fingerprint density at radius 1 is 0.619 bits per heavy atom. The zero-order chi connectivity index (χ0) is 17.2. The first kappa shape index (κ1) is 19.6. The molecular formula is C8H2F12O. The first-order chi connectivity index (χ1) is 9.24. The van der Waals surface area contributed by atoms with Gasteiger partial charge in [-0.25, -0.2) is 22.3 Å². The van der Waals surface area contributed by atoms with Gasteiger partial charge < -0.3 is 0 Å². The van der Waals surface area contributed by atoms with E-state index in [2.05, 4.69) is 4.74 Å². The van der Waals surface area contributed by atoms with E-state index in [1.54, 1.807) is 0 Å². The van der Waals surface area contributed by atoms with E-state index in [1.807, 2.05) is 0 Å². The molecule has 13 heteroatoms. The lowest BCUT2D eigenvalue weighted by atomic mass is 10.2. The Labute approximate surface area is 107 Å². The summed E-state index contributed by atoms with van der Waals surface area (Å²) in [5.74, 6) is 0. The van der Waals surface area contributed by atoms with Crippen LogP contribution in [0.2, 0.25) is 0 Å². The molecule has 0 unspecified atom stereocenters. The van der Waals surface area contributed by atoms with Crippen LogP contribution in [0.1, 0.15) is 0 Å². The van der Waals surface area contributed by atoms with E-state index < -0.39 is 48.4 Å². The molecule has 0 atom stereocenters. The molecule has 0 saturated heterocycles. The average Bonchev–Trinajstić information content (AvgIpc) is 2.08. The minimum Gasteiger partial charge on any atom is -0.247 e. The van der Waals surface area contributed by atoms with Crippen LogP contribution < -0.4 is 0 Å². The second kappa shape index (κ2) is 6.58. The Hall–Kier alpha value is -1.40. The first-order valence-electron chi connectivity index (χ1n) is 4.37. The first-order valence-corrected chi connectivity index (χ1v) is 4.37. The number of rotatable bonds is 6. The minimum absolute atomic E-state index is 2.09. The van der Waals surface area contributed by atoms with Gasteiger partial charge >= 0.3 is 12.2 Å². The molecule has 0 bridgehead atoms. The van der Waals surface area contributed by atoms with E-state index in [1.165, 1.54) is 0 Å². The van der Waals surface area contributed by atoms with Crippen molar-refractivity contribution in [3.05, 3.63) is 23.3 Å². The van der Waals surface area contributed by atoms with E-state index in [-0.39, 0.29) is 0 Å². The van der Waals surface area contributed by atoms with Gasteiger partial charge in [0.15, 0.2) is 11.1 Å². The molecule has 124 valence electrons. The van der Waals surface area contributed by atoms with E-state index >= 15 is 0 Å². The molecule has 0 N–H and O–H groups in total. The van der Waals surface area contributed by atoms with Crippen molar-refractivity contribution in [3.63, 3.8) is 0 Å². The van der Waals surface area contributed by atoms with Gasteiger partial charge in [0, 0.05) is 0 Å². The highest BCUT2D eigenvalue weighted by Crippen LogP contribution is 2.43. The summed E-state index contributed by atoms with van der Waals surface area (Å²) in [6, 6.07) is 0. The van der Waals surface area contributed by atoms with Crippen molar-refractivity contribution in [2.45, 2.75) is 25.1 Å². The minimum atomic E-state index is -6.17. The molecule has 0 spiro atoms. The normalized spacial score (nSPS) is 12.9. The maximum Gasteiger partial charge on any atom is 0.395 e. The Balaban J connectivity index is 5.73. The predicted molar refractivity (Wildman–Crippen MR) is 41.5 cm³/mol. The highest BCUT2D eigenvalue weighted by molar-refractivity contribution is 5.17. The smallest absolute Gasteiger partial charge is 0.247 e. The fraction of sp³-hybridized carbons (Fsp3) is 0.500. The van der Waals surface area contributed by atoms with E-state index in [0.29, 0.717) is 0 Å². The van der Waals surface area contributed by atoms with Gasteiger partial charge in [0.1, 0.15) is 0 Å². The number of hydrogen-bond acceptors (Lipinski definition) is 1. The Morgan fingerprint density at radius 3 is 1.00 bits per heavy atom. The third kappa shape index (κ3) is 4.82. The quantitative estimate of drug-likeness (QED) is 0.616. The number of hydrogen-bond donors (Lipinski definition) is 0. The zero-order valence-electron chi connectivity index (χ0n) is 9.10. The molecule has 0 aromatic rings. The summed E-state index contributed by atoms with van der Waals surface area (Å²) in [5, 5.41) is 0. The van der Waals surface area contributed by atoms with E-state index in [9.17, 15) is 52.7 Å². The summed E-state index contributed by atoms with van der Waals surface area (Å²) >= 11 is 0. The highest BCUT2D eigenvalue weighted by Gasteiger charge is 2.56. The number of halogens is 12. The van der Waals surface area contributed by atoms with Gasteiger partial charge in [-0.1, -0.05) is 0 Å². The summed E-state index contributed by atoms with van der Waals surface area (Å²) < 4.78 is 148. The van der Waals surface area contributed by atoms with Crippen LogP contribution in [0.5, 0.6) is 0 Å². The van der Waals surface area contributed by atoms with Crippen molar-refractivity contribution in [1.29, 1.82) is 0 Å². The van der Waals surface area contributed by atoms with Crippen molar-refractivity contribution in [2.24, 2.45) is 0 Å². The van der Waals surface area contributed by atoms with Gasteiger partial charge in [-0.3, -0.25) is 0 Å². The van der Waals surface area contributed by atoms with Crippen molar-refractivity contribution >= 4 is 0 Å². The number of ether oxygens (including phenoxy) is 1. The van der Waals surface area contributed by atoms with Crippen molar-refractivity contribution in [2.75, 3.05) is 0 Å². The maximum atomic E-state index is 12.7. The summed E-state index contributed by atoms with van der Waals surface area (Å²) in [7, 11) is 0. The molecule has 0 aromatic heterocycles. The summed E-state index contributed by atoms with van der Waals surface area (Å²) in [6.07, 6.45) is -29.5. The Morgan fingerprint density at radius 2 is 0.857 bits per heavy atom. The molecule has 0 fully saturated rings. The summed E-state index contributed by atoms with van der Waals surface area (Å²) in [6.45, 7) is 0. The lowest BCUT2D eigenvalue weighted by Crippen LogP contribution is -2.40. The van der Waals surface area contributed by atoms with Crippen LogP contribution in [0.15, 0.2) is 23.3 Å². The van der Waals surface area contributed by atoms with Gasteiger partial charge in [-0.2, -0.15) is 35.1 Å². The standard InChI is InChI=1S/C8H2F12O/c9-3(10)1(4(11)12)7(17,18)21-8(19,20)2(5(13)14)6(15)16/h3,5H. The molecular weight excluding hydrogens is 340 g/mol. The number of alkyl halides is 8. The molecule has 1 nitrogen and oxygen atoms in total. The van der Waals surface area contributed by atoms with Gasteiger partial charge in [-0.15, -0.1) is 0 Å². The zero-order valence-corrected chi connectivity index (χ0v) is 9.10. The molecule has 0 amide bonds. The van der Waals surface area contributed by atoms with Crippen LogP contribution in [0.3, 0.4) is 0 Å². The second-order valence-electron chi connectivity index (χ2n) is 3.09. The van der Waals surface area contributed by atoms with Gasteiger partial charge in [0.2, 0.25) is 0 Å². The second-order valence-corrected chi connectivity index (χ2v) is 3.09. The lowest BCUT2D eigenvalue weighted by Gasteiger charge is -2.25. The summed E-state index contributed by atoms with van der Waals surface area (Å²) in [5.41, 5.74) is -7.12.